The van der Waals surface area contributed by atoms with Crippen LogP contribution >= 0.6 is 27.3 Å². The number of amides is 1. The third-order valence-electron chi connectivity index (χ3n) is 4.26. The quantitative estimate of drug-likeness (QED) is 0.801. The third kappa shape index (κ3) is 3.19. The van der Waals surface area contributed by atoms with E-state index in [0.717, 1.165) is 29.3 Å². The number of thiophene rings is 1. The lowest BCUT2D eigenvalue weighted by molar-refractivity contribution is 0.102. The summed E-state index contributed by atoms with van der Waals surface area (Å²) in [4.78, 5) is 13.9. The second-order valence-corrected chi connectivity index (χ2v) is 7.99. The van der Waals surface area contributed by atoms with Crippen LogP contribution in [-0.4, -0.2) is 13.0 Å². The van der Waals surface area contributed by atoms with Gasteiger partial charge in [-0.1, -0.05) is 22.9 Å². The van der Waals surface area contributed by atoms with Crippen LogP contribution in [0, 0.1) is 17.2 Å². The molecule has 0 saturated carbocycles. The van der Waals surface area contributed by atoms with Crippen LogP contribution in [0.3, 0.4) is 0 Å². The molecular weight excluding hydrogens is 388 g/mol. The van der Waals surface area contributed by atoms with E-state index in [9.17, 15) is 10.1 Å². The molecule has 1 aliphatic rings. The van der Waals surface area contributed by atoms with E-state index in [4.69, 9.17) is 4.74 Å². The van der Waals surface area contributed by atoms with Crippen molar-refractivity contribution in [3.63, 3.8) is 0 Å². The average Bonchev–Trinajstić information content (AvgIpc) is 2.90. The smallest absolute Gasteiger partial charge is 0.260 e. The van der Waals surface area contributed by atoms with Crippen molar-refractivity contribution >= 4 is 38.2 Å². The Hall–Kier alpha value is -1.84. The summed E-state index contributed by atoms with van der Waals surface area (Å²) in [5.74, 6) is 0.858. The van der Waals surface area contributed by atoms with Gasteiger partial charge in [0.15, 0.2) is 0 Å². The molecule has 0 bridgehead atoms. The number of nitriles is 1. The average molecular weight is 405 g/mol. The zero-order chi connectivity index (χ0) is 17.3. The fourth-order valence-corrected chi connectivity index (χ4v) is 4.70. The second kappa shape index (κ2) is 6.96. The van der Waals surface area contributed by atoms with Crippen LogP contribution in [0.2, 0.25) is 0 Å². The van der Waals surface area contributed by atoms with E-state index < -0.39 is 0 Å². The number of ether oxygens (including phenoxy) is 1. The van der Waals surface area contributed by atoms with Crippen LogP contribution in [0.25, 0.3) is 0 Å². The van der Waals surface area contributed by atoms with Crippen molar-refractivity contribution in [2.45, 2.75) is 26.2 Å². The standard InChI is InChI=1S/C18H17BrN2O2S/c1-10-3-5-12-14(9-20)18(24-16(12)7-10)21-17(22)13-8-11(19)4-6-15(13)23-2/h4,6,8,10H,3,5,7H2,1-2H3,(H,21,22). The van der Waals surface area contributed by atoms with Crippen molar-refractivity contribution in [2.75, 3.05) is 12.4 Å². The first-order valence-corrected chi connectivity index (χ1v) is 9.34. The molecule has 124 valence electrons. The van der Waals surface area contributed by atoms with Gasteiger partial charge in [0.25, 0.3) is 5.91 Å². The highest BCUT2D eigenvalue weighted by atomic mass is 79.9. The van der Waals surface area contributed by atoms with Crippen LogP contribution < -0.4 is 10.1 Å². The number of halogens is 1. The van der Waals surface area contributed by atoms with E-state index in [1.807, 2.05) is 6.07 Å². The van der Waals surface area contributed by atoms with Gasteiger partial charge in [-0.05, 0) is 48.9 Å². The van der Waals surface area contributed by atoms with Crippen molar-refractivity contribution < 1.29 is 9.53 Å². The highest BCUT2D eigenvalue weighted by molar-refractivity contribution is 9.10. The van der Waals surface area contributed by atoms with Gasteiger partial charge in [0, 0.05) is 9.35 Å². The van der Waals surface area contributed by atoms with E-state index in [-0.39, 0.29) is 5.91 Å². The minimum absolute atomic E-state index is 0.267. The molecule has 1 aliphatic carbocycles. The van der Waals surface area contributed by atoms with Crippen molar-refractivity contribution in [2.24, 2.45) is 5.92 Å². The van der Waals surface area contributed by atoms with Gasteiger partial charge in [-0.25, -0.2) is 0 Å². The van der Waals surface area contributed by atoms with Gasteiger partial charge < -0.3 is 10.1 Å². The summed E-state index contributed by atoms with van der Waals surface area (Å²) in [5, 5.41) is 13.1. The number of anilines is 1. The minimum Gasteiger partial charge on any atom is -0.496 e. The van der Waals surface area contributed by atoms with E-state index >= 15 is 0 Å². The Labute approximate surface area is 153 Å². The van der Waals surface area contributed by atoms with Gasteiger partial charge in [0.2, 0.25) is 0 Å². The van der Waals surface area contributed by atoms with Crippen LogP contribution in [-0.2, 0) is 12.8 Å². The second-order valence-electron chi connectivity index (χ2n) is 5.97. The first-order chi connectivity index (χ1) is 11.5. The molecule has 1 heterocycles. The van der Waals surface area contributed by atoms with Crippen LogP contribution in [0.5, 0.6) is 5.75 Å². The number of methoxy groups -OCH3 is 1. The topological polar surface area (TPSA) is 62.1 Å². The Kier molecular flexibility index (Phi) is 4.93. The predicted octanol–water partition coefficient (Wildman–Crippen LogP) is 4.77. The molecule has 0 aliphatic heterocycles. The zero-order valence-electron chi connectivity index (χ0n) is 13.5. The lowest BCUT2D eigenvalue weighted by atomic mass is 9.88. The van der Waals surface area contributed by atoms with E-state index in [0.29, 0.717) is 27.8 Å². The number of carbonyl (C=O) groups is 1. The molecule has 0 fully saturated rings. The number of nitrogens with zero attached hydrogens (tertiary/aromatic N) is 1. The normalized spacial score (nSPS) is 16.2. The largest absolute Gasteiger partial charge is 0.496 e. The van der Waals surface area contributed by atoms with Gasteiger partial charge in [0.05, 0.1) is 18.2 Å². The van der Waals surface area contributed by atoms with E-state index in [2.05, 4.69) is 34.2 Å². The maximum Gasteiger partial charge on any atom is 0.260 e. The lowest BCUT2D eigenvalue weighted by Crippen LogP contribution is -2.13. The van der Waals surface area contributed by atoms with Gasteiger partial charge in [-0.15, -0.1) is 11.3 Å². The number of fused-ring (bicyclic) bond motifs is 1. The molecule has 3 rings (SSSR count). The van der Waals surface area contributed by atoms with Crippen LogP contribution in [0.4, 0.5) is 5.00 Å². The number of carbonyl (C=O) groups excluding carboxylic acids is 1. The van der Waals surface area contributed by atoms with E-state index in [1.165, 1.54) is 23.3 Å². The molecular formula is C18H17BrN2O2S. The lowest BCUT2D eigenvalue weighted by Gasteiger charge is -2.17. The molecule has 6 heteroatoms. The number of rotatable bonds is 3. The maximum atomic E-state index is 12.7. The highest BCUT2D eigenvalue weighted by Crippen LogP contribution is 2.39. The van der Waals surface area contributed by atoms with Gasteiger partial charge >= 0.3 is 0 Å². The Morgan fingerprint density at radius 2 is 2.29 bits per heavy atom. The Bertz CT molecular complexity index is 838. The molecule has 0 saturated heterocycles. The molecule has 1 unspecified atom stereocenters. The van der Waals surface area contributed by atoms with Gasteiger partial charge in [-0.2, -0.15) is 5.26 Å². The van der Waals surface area contributed by atoms with Crippen molar-refractivity contribution in [3.8, 4) is 11.8 Å². The zero-order valence-corrected chi connectivity index (χ0v) is 15.9. The van der Waals surface area contributed by atoms with Gasteiger partial charge in [0.1, 0.15) is 16.8 Å². The molecule has 1 atom stereocenters. The Balaban J connectivity index is 1.93. The molecule has 1 aromatic heterocycles. The first kappa shape index (κ1) is 17.0. The Morgan fingerprint density at radius 1 is 1.50 bits per heavy atom. The third-order valence-corrected chi connectivity index (χ3v) is 5.92. The van der Waals surface area contributed by atoms with E-state index in [1.54, 1.807) is 12.1 Å². The summed E-state index contributed by atoms with van der Waals surface area (Å²) in [6.45, 7) is 2.22. The summed E-state index contributed by atoms with van der Waals surface area (Å²) in [7, 11) is 1.53. The molecule has 1 aromatic carbocycles. The van der Waals surface area contributed by atoms with Crippen LogP contribution in [0.15, 0.2) is 22.7 Å². The Morgan fingerprint density at radius 3 is 3.00 bits per heavy atom. The first-order valence-electron chi connectivity index (χ1n) is 7.73. The number of hydrogen-bond acceptors (Lipinski definition) is 4. The minimum atomic E-state index is -0.267. The fraction of sp³-hybridized carbons (Fsp3) is 0.333. The fourth-order valence-electron chi connectivity index (χ4n) is 2.99. The molecule has 2 aromatic rings. The number of nitrogens with one attached hydrogen (secondary N) is 1. The molecule has 0 spiro atoms. The molecule has 4 nitrogen and oxygen atoms in total. The molecule has 1 N–H and O–H groups in total. The number of hydrogen-bond donors (Lipinski definition) is 1. The molecule has 24 heavy (non-hydrogen) atoms. The summed E-state index contributed by atoms with van der Waals surface area (Å²) in [6, 6.07) is 7.55. The number of benzene rings is 1. The predicted molar refractivity (Wildman–Crippen MR) is 98.9 cm³/mol. The summed E-state index contributed by atoms with van der Waals surface area (Å²) in [5.41, 5.74) is 2.16. The highest BCUT2D eigenvalue weighted by Gasteiger charge is 2.25. The maximum absolute atomic E-state index is 12.7. The van der Waals surface area contributed by atoms with Crippen molar-refractivity contribution in [3.05, 3.63) is 44.2 Å². The molecule has 0 radical (unpaired) electrons. The SMILES string of the molecule is COc1ccc(Br)cc1C(=O)Nc1sc2c(c1C#N)CCC(C)C2. The van der Waals surface area contributed by atoms with Crippen LogP contribution in [0.1, 0.15) is 39.7 Å². The van der Waals surface area contributed by atoms with Crippen molar-refractivity contribution in [1.29, 1.82) is 5.26 Å². The summed E-state index contributed by atoms with van der Waals surface area (Å²) >= 11 is 4.90. The van der Waals surface area contributed by atoms with Gasteiger partial charge in [-0.3, -0.25) is 4.79 Å². The monoisotopic (exact) mass is 404 g/mol. The summed E-state index contributed by atoms with van der Waals surface area (Å²) in [6.07, 6.45) is 2.97. The molecule has 1 amide bonds. The van der Waals surface area contributed by atoms with Crippen molar-refractivity contribution in [1.82, 2.24) is 0 Å². The summed E-state index contributed by atoms with van der Waals surface area (Å²) < 4.78 is 6.07.